The highest BCUT2D eigenvalue weighted by molar-refractivity contribution is 5.94. The maximum absolute atomic E-state index is 12.4. The zero-order valence-electron chi connectivity index (χ0n) is 25.9. The van der Waals surface area contributed by atoms with Crippen molar-refractivity contribution in [2.45, 2.75) is 59.0 Å². The summed E-state index contributed by atoms with van der Waals surface area (Å²) in [6.45, 7) is 11.1. The van der Waals surface area contributed by atoms with Gasteiger partial charge >= 0.3 is 0 Å². The highest BCUT2D eigenvalue weighted by Crippen LogP contribution is 2.57. The lowest BCUT2D eigenvalue weighted by molar-refractivity contribution is -0.117. The number of hydrogen-bond donors (Lipinski definition) is 2. The molecule has 3 N–H and O–H groups in total. The fourth-order valence-corrected chi connectivity index (χ4v) is 6.30. The van der Waals surface area contributed by atoms with Gasteiger partial charge in [-0.25, -0.2) is 0 Å². The van der Waals surface area contributed by atoms with Gasteiger partial charge < -0.3 is 30.2 Å². The van der Waals surface area contributed by atoms with Crippen molar-refractivity contribution in [3.8, 4) is 17.2 Å². The zero-order chi connectivity index (χ0) is 30.8. The smallest absolute Gasteiger partial charge is 0.241 e. The predicted molar refractivity (Wildman–Crippen MR) is 174 cm³/mol. The Kier molecular flexibility index (Phi) is 8.34. The van der Waals surface area contributed by atoms with E-state index >= 15 is 0 Å². The quantitative estimate of drug-likeness (QED) is 0.201. The van der Waals surface area contributed by atoms with Crippen LogP contribution in [0.2, 0.25) is 0 Å². The molecule has 1 amide bonds. The molecule has 0 bridgehead atoms. The number of anilines is 2. The average Bonchev–Trinajstić information content (AvgIpc) is 3.40. The zero-order valence-corrected chi connectivity index (χ0v) is 25.9. The van der Waals surface area contributed by atoms with Gasteiger partial charge in [0.15, 0.2) is 5.60 Å². The van der Waals surface area contributed by atoms with Gasteiger partial charge in [-0.05, 0) is 79.3 Å². The molecule has 2 aliphatic heterocycles. The second-order valence-electron chi connectivity index (χ2n) is 12.0. The summed E-state index contributed by atoms with van der Waals surface area (Å²) in [4.78, 5) is 14.7. The predicted octanol–water partition coefficient (Wildman–Crippen LogP) is 7.35. The minimum Gasteiger partial charge on any atom is -0.489 e. The summed E-state index contributed by atoms with van der Waals surface area (Å²) in [5, 5.41) is 2.90. The van der Waals surface area contributed by atoms with Gasteiger partial charge in [-0.3, -0.25) is 4.79 Å². The Morgan fingerprint density at radius 2 is 1.64 bits per heavy atom. The van der Waals surface area contributed by atoms with Crippen LogP contribution in [0, 0.1) is 5.92 Å². The summed E-state index contributed by atoms with van der Waals surface area (Å²) < 4.78 is 19.6. The van der Waals surface area contributed by atoms with Crippen LogP contribution >= 0.6 is 0 Å². The number of ether oxygens (including phenoxy) is 3. The lowest BCUT2D eigenvalue weighted by Crippen LogP contribution is -2.36. The second kappa shape index (κ2) is 12.3. The van der Waals surface area contributed by atoms with Crippen molar-refractivity contribution in [2.75, 3.05) is 23.3 Å². The van der Waals surface area contributed by atoms with Crippen molar-refractivity contribution in [3.63, 3.8) is 0 Å². The first-order chi connectivity index (χ1) is 21.3. The fourth-order valence-electron chi connectivity index (χ4n) is 6.30. The van der Waals surface area contributed by atoms with E-state index in [1.165, 1.54) is 5.56 Å². The molecule has 4 aromatic rings. The summed E-state index contributed by atoms with van der Waals surface area (Å²) in [6, 6.07) is 28.0. The molecule has 1 spiro atoms. The number of carbonyl (C=O) groups excluding carboxylic acids is 1. The largest absolute Gasteiger partial charge is 0.489 e. The molecule has 0 saturated heterocycles. The van der Waals surface area contributed by atoms with Crippen LogP contribution in [0.15, 0.2) is 84.9 Å². The summed E-state index contributed by atoms with van der Waals surface area (Å²) >= 11 is 0. The molecule has 0 saturated carbocycles. The molecule has 2 atom stereocenters. The van der Waals surface area contributed by atoms with E-state index in [1.807, 2.05) is 36.4 Å². The third-order valence-electron chi connectivity index (χ3n) is 8.56. The van der Waals surface area contributed by atoms with Gasteiger partial charge in [0.25, 0.3) is 0 Å². The second-order valence-corrected chi connectivity index (χ2v) is 12.0. The van der Waals surface area contributed by atoms with Crippen molar-refractivity contribution >= 4 is 17.3 Å². The third-order valence-corrected chi connectivity index (χ3v) is 8.56. The van der Waals surface area contributed by atoms with Crippen LogP contribution in [0.3, 0.4) is 0 Å². The maximum atomic E-state index is 12.4. The first kappa shape index (κ1) is 29.7. The van der Waals surface area contributed by atoms with E-state index in [0.29, 0.717) is 37.0 Å². The highest BCUT2D eigenvalue weighted by atomic mass is 16.5. The van der Waals surface area contributed by atoms with E-state index in [0.717, 1.165) is 52.5 Å². The van der Waals surface area contributed by atoms with E-state index in [-0.39, 0.29) is 5.91 Å². The summed E-state index contributed by atoms with van der Waals surface area (Å²) in [7, 11) is 0. The van der Waals surface area contributed by atoms with Crippen LogP contribution in [-0.2, 0) is 28.3 Å². The van der Waals surface area contributed by atoms with Gasteiger partial charge in [0, 0.05) is 47.7 Å². The number of hydrogen-bond acceptors (Lipinski definition) is 6. The lowest BCUT2D eigenvalue weighted by Gasteiger charge is -2.38. The Hall–Kier alpha value is -4.33. The number of nitrogens with two attached hydrogens (primary N) is 1. The molecule has 2 aliphatic rings. The fraction of sp³-hybridized carbons (Fsp3) is 0.324. The normalized spacial score (nSPS) is 17.0. The van der Waals surface area contributed by atoms with Gasteiger partial charge in [-0.1, -0.05) is 50.2 Å². The standard InChI is InChI=1S/C37H41N3O4/c1-5-40(6-2)28-15-17-31-34(20-28)44-35-21-29(16-18-32(35)37(31)30-10-8-7-9-26(30)23-43-37)42-22-25-11-13-27(14-12-25)39-36(41)33(38)19-24(3)4/h7-18,20-21,24,33H,5-6,19,22-23,38H2,1-4H3,(H,39,41)/t33-,37?/m0/s1. The maximum Gasteiger partial charge on any atom is 0.241 e. The Morgan fingerprint density at radius 3 is 2.36 bits per heavy atom. The number of amides is 1. The average molecular weight is 592 g/mol. The number of carbonyl (C=O) groups is 1. The van der Waals surface area contributed by atoms with E-state index in [4.69, 9.17) is 19.9 Å². The first-order valence-electron chi connectivity index (χ1n) is 15.5. The topological polar surface area (TPSA) is 86.1 Å². The number of nitrogens with one attached hydrogen (secondary N) is 1. The molecule has 4 aromatic carbocycles. The summed E-state index contributed by atoms with van der Waals surface area (Å²) in [5.41, 5.74) is 12.4. The minimum atomic E-state index is -0.752. The Balaban J connectivity index is 1.25. The lowest BCUT2D eigenvalue weighted by atomic mass is 9.77. The van der Waals surface area contributed by atoms with E-state index < -0.39 is 11.6 Å². The molecule has 0 fully saturated rings. The molecule has 0 aromatic heterocycles. The van der Waals surface area contributed by atoms with Crippen LogP contribution < -0.4 is 25.4 Å². The van der Waals surface area contributed by atoms with Gasteiger partial charge in [0.2, 0.25) is 5.91 Å². The van der Waals surface area contributed by atoms with E-state index in [9.17, 15) is 4.79 Å². The molecule has 0 aliphatic carbocycles. The molecule has 2 heterocycles. The van der Waals surface area contributed by atoms with Crippen LogP contribution in [0.4, 0.5) is 11.4 Å². The Bertz CT molecular complexity index is 1650. The first-order valence-corrected chi connectivity index (χ1v) is 15.5. The molecule has 44 heavy (non-hydrogen) atoms. The van der Waals surface area contributed by atoms with E-state index in [2.05, 4.69) is 86.4 Å². The van der Waals surface area contributed by atoms with Crippen LogP contribution in [0.25, 0.3) is 0 Å². The SMILES string of the molecule is CCN(CC)c1ccc2c(c1)Oc1cc(OCc3ccc(NC(=O)[C@@H](N)CC(C)C)cc3)ccc1C21OCc2ccccc21. The summed E-state index contributed by atoms with van der Waals surface area (Å²) in [6.07, 6.45) is 0.644. The highest BCUT2D eigenvalue weighted by Gasteiger charge is 2.49. The number of benzene rings is 4. The van der Waals surface area contributed by atoms with Crippen molar-refractivity contribution in [1.29, 1.82) is 0 Å². The van der Waals surface area contributed by atoms with Crippen molar-refractivity contribution in [2.24, 2.45) is 11.7 Å². The van der Waals surface area contributed by atoms with Crippen LogP contribution in [-0.4, -0.2) is 25.0 Å². The van der Waals surface area contributed by atoms with E-state index in [1.54, 1.807) is 0 Å². The monoisotopic (exact) mass is 591 g/mol. The molecule has 7 heteroatoms. The van der Waals surface area contributed by atoms with Crippen molar-refractivity contribution in [1.82, 2.24) is 0 Å². The molecule has 228 valence electrons. The number of nitrogens with zero attached hydrogens (tertiary/aromatic N) is 1. The number of fused-ring (bicyclic) bond motifs is 6. The molecule has 6 rings (SSSR count). The van der Waals surface area contributed by atoms with Crippen LogP contribution in [0.5, 0.6) is 17.2 Å². The van der Waals surface area contributed by atoms with Gasteiger partial charge in [-0.2, -0.15) is 0 Å². The van der Waals surface area contributed by atoms with Gasteiger partial charge in [0.1, 0.15) is 23.9 Å². The summed E-state index contributed by atoms with van der Waals surface area (Å²) in [5.74, 6) is 2.40. The Morgan fingerprint density at radius 1 is 0.932 bits per heavy atom. The molecule has 1 unspecified atom stereocenters. The van der Waals surface area contributed by atoms with Gasteiger partial charge in [0.05, 0.1) is 12.6 Å². The van der Waals surface area contributed by atoms with Crippen molar-refractivity contribution in [3.05, 3.63) is 113 Å². The molecular weight excluding hydrogens is 550 g/mol. The number of rotatable bonds is 10. The minimum absolute atomic E-state index is 0.172. The third kappa shape index (κ3) is 5.53. The molecular formula is C37H41N3O4. The molecule has 7 nitrogen and oxygen atoms in total. The van der Waals surface area contributed by atoms with Gasteiger partial charge in [-0.15, -0.1) is 0 Å². The molecule has 0 radical (unpaired) electrons. The van der Waals surface area contributed by atoms with Crippen molar-refractivity contribution < 1.29 is 19.0 Å². The van der Waals surface area contributed by atoms with Crippen LogP contribution in [0.1, 0.15) is 61.9 Å². The Labute approximate surface area is 259 Å².